The largest absolute Gasteiger partial charge is 0.391 e. The van der Waals surface area contributed by atoms with Crippen LogP contribution in [0.15, 0.2) is 58.9 Å². The minimum atomic E-state index is -0.267. The second-order valence-corrected chi connectivity index (χ2v) is 6.93. The summed E-state index contributed by atoms with van der Waals surface area (Å²) in [5, 5.41) is 4.71. The molecule has 1 aliphatic heterocycles. The van der Waals surface area contributed by atoms with E-state index in [-0.39, 0.29) is 5.54 Å². The first-order chi connectivity index (χ1) is 11.7. The van der Waals surface area contributed by atoms with Crippen molar-refractivity contribution in [3.8, 4) is 0 Å². The van der Waals surface area contributed by atoms with Crippen LogP contribution in [-0.2, 0) is 17.0 Å². The third kappa shape index (κ3) is 4.14. The number of hydrogen-bond acceptors (Lipinski definition) is 6. The SMILES string of the molecule is CC1(c2cccc(C=NOCc3ccncc3)c2)CCSC(N)=N1. The van der Waals surface area contributed by atoms with Crippen molar-refractivity contribution in [2.75, 3.05) is 5.75 Å². The molecule has 0 fully saturated rings. The van der Waals surface area contributed by atoms with E-state index in [0.717, 1.165) is 28.9 Å². The second-order valence-electron chi connectivity index (χ2n) is 5.81. The predicted molar refractivity (Wildman–Crippen MR) is 99.1 cm³/mol. The lowest BCUT2D eigenvalue weighted by Gasteiger charge is -2.29. The molecular weight excluding hydrogens is 320 g/mol. The lowest BCUT2D eigenvalue weighted by molar-refractivity contribution is 0.132. The molecule has 2 N–H and O–H groups in total. The van der Waals surface area contributed by atoms with Crippen LogP contribution in [0.4, 0.5) is 0 Å². The van der Waals surface area contributed by atoms with Crippen molar-refractivity contribution in [1.82, 2.24) is 4.98 Å². The first-order valence-electron chi connectivity index (χ1n) is 7.79. The van der Waals surface area contributed by atoms with Gasteiger partial charge in [-0.05, 0) is 48.2 Å². The van der Waals surface area contributed by atoms with Crippen LogP contribution in [0.1, 0.15) is 30.0 Å². The Hall–Kier alpha value is -2.34. The average molecular weight is 340 g/mol. The fraction of sp³-hybridized carbons (Fsp3) is 0.278. The number of nitrogens with zero attached hydrogens (tertiary/aromatic N) is 3. The summed E-state index contributed by atoms with van der Waals surface area (Å²) in [6.07, 6.45) is 6.17. The summed E-state index contributed by atoms with van der Waals surface area (Å²) in [6, 6.07) is 12.0. The van der Waals surface area contributed by atoms with Crippen molar-refractivity contribution in [3.63, 3.8) is 0 Å². The normalized spacial score (nSPS) is 20.8. The van der Waals surface area contributed by atoms with E-state index in [1.165, 1.54) is 0 Å². The highest BCUT2D eigenvalue weighted by molar-refractivity contribution is 8.13. The second kappa shape index (κ2) is 7.49. The van der Waals surface area contributed by atoms with Crippen molar-refractivity contribution < 1.29 is 4.84 Å². The summed E-state index contributed by atoms with van der Waals surface area (Å²) < 4.78 is 0. The number of pyridine rings is 1. The van der Waals surface area contributed by atoms with Gasteiger partial charge in [0.15, 0.2) is 5.17 Å². The molecule has 0 saturated heterocycles. The smallest absolute Gasteiger partial charge is 0.154 e. The molecule has 1 unspecified atom stereocenters. The standard InChI is InChI=1S/C18H20N4OS/c1-18(7-10-24-17(19)22-18)16-4-2-3-15(11-16)12-21-23-13-14-5-8-20-9-6-14/h2-6,8-9,11-12H,7,10,13H2,1H3,(H2,19,22). The lowest BCUT2D eigenvalue weighted by Crippen LogP contribution is -2.28. The number of thioether (sulfide) groups is 1. The zero-order valence-corrected chi connectivity index (χ0v) is 14.4. The van der Waals surface area contributed by atoms with Crippen molar-refractivity contribution in [2.24, 2.45) is 15.9 Å². The van der Waals surface area contributed by atoms with E-state index in [1.54, 1.807) is 30.4 Å². The van der Waals surface area contributed by atoms with E-state index in [1.807, 2.05) is 24.3 Å². The van der Waals surface area contributed by atoms with Gasteiger partial charge in [0.25, 0.3) is 0 Å². The molecule has 2 heterocycles. The third-order valence-corrected chi connectivity index (χ3v) is 4.76. The summed E-state index contributed by atoms with van der Waals surface area (Å²) in [7, 11) is 0. The fourth-order valence-electron chi connectivity index (χ4n) is 2.54. The Kier molecular flexibility index (Phi) is 5.15. The number of nitrogens with two attached hydrogens (primary N) is 1. The van der Waals surface area contributed by atoms with Crippen molar-refractivity contribution >= 4 is 23.1 Å². The molecule has 0 saturated carbocycles. The fourth-order valence-corrected chi connectivity index (χ4v) is 3.51. The monoisotopic (exact) mass is 340 g/mol. The molecule has 0 aliphatic carbocycles. The van der Waals surface area contributed by atoms with Crippen LogP contribution in [0.3, 0.4) is 0 Å². The summed E-state index contributed by atoms with van der Waals surface area (Å²) in [4.78, 5) is 14.0. The van der Waals surface area contributed by atoms with Gasteiger partial charge in [-0.25, -0.2) is 0 Å². The van der Waals surface area contributed by atoms with E-state index < -0.39 is 0 Å². The van der Waals surface area contributed by atoms with E-state index in [2.05, 4.69) is 34.2 Å². The molecule has 1 aromatic carbocycles. The number of oxime groups is 1. The first kappa shape index (κ1) is 16.5. The third-order valence-electron chi connectivity index (χ3n) is 3.96. The van der Waals surface area contributed by atoms with E-state index >= 15 is 0 Å². The van der Waals surface area contributed by atoms with Crippen LogP contribution in [0, 0.1) is 0 Å². The van der Waals surface area contributed by atoms with Gasteiger partial charge in [0.1, 0.15) is 6.61 Å². The molecule has 0 spiro atoms. The Labute approximate surface area is 146 Å². The van der Waals surface area contributed by atoms with Crippen LogP contribution in [-0.4, -0.2) is 22.1 Å². The molecule has 2 aromatic rings. The van der Waals surface area contributed by atoms with Gasteiger partial charge >= 0.3 is 0 Å². The van der Waals surface area contributed by atoms with Crippen LogP contribution in [0.2, 0.25) is 0 Å². The maximum absolute atomic E-state index is 5.90. The number of rotatable bonds is 5. The highest BCUT2D eigenvalue weighted by Crippen LogP contribution is 2.35. The predicted octanol–water partition coefficient (Wildman–Crippen LogP) is 3.30. The average Bonchev–Trinajstić information content (AvgIpc) is 2.60. The Morgan fingerprint density at radius 3 is 2.96 bits per heavy atom. The first-order valence-corrected chi connectivity index (χ1v) is 8.77. The van der Waals surface area contributed by atoms with Crippen LogP contribution >= 0.6 is 11.8 Å². The molecule has 0 amide bonds. The maximum atomic E-state index is 5.90. The number of benzene rings is 1. The summed E-state index contributed by atoms with van der Waals surface area (Å²) >= 11 is 1.61. The molecule has 124 valence electrons. The topological polar surface area (TPSA) is 72.9 Å². The highest BCUT2D eigenvalue weighted by Gasteiger charge is 2.29. The molecule has 1 atom stereocenters. The maximum Gasteiger partial charge on any atom is 0.154 e. The number of hydrogen-bond donors (Lipinski definition) is 1. The minimum Gasteiger partial charge on any atom is -0.391 e. The van der Waals surface area contributed by atoms with Gasteiger partial charge in [-0.2, -0.15) is 0 Å². The minimum absolute atomic E-state index is 0.267. The molecule has 24 heavy (non-hydrogen) atoms. The Morgan fingerprint density at radius 2 is 2.17 bits per heavy atom. The van der Waals surface area contributed by atoms with E-state index in [4.69, 9.17) is 10.6 Å². The van der Waals surface area contributed by atoms with Crippen LogP contribution < -0.4 is 5.73 Å². The van der Waals surface area contributed by atoms with Gasteiger partial charge in [-0.15, -0.1) is 0 Å². The zero-order valence-electron chi connectivity index (χ0n) is 13.6. The zero-order chi connectivity index (χ0) is 16.8. The van der Waals surface area contributed by atoms with Gasteiger partial charge < -0.3 is 10.6 Å². The number of aliphatic imine (C=N–C) groups is 1. The Bertz CT molecular complexity index is 748. The lowest BCUT2D eigenvalue weighted by atomic mass is 9.89. The van der Waals surface area contributed by atoms with Gasteiger partial charge in [0, 0.05) is 18.1 Å². The molecule has 6 heteroatoms. The van der Waals surface area contributed by atoms with Gasteiger partial charge in [-0.3, -0.25) is 9.98 Å². The Morgan fingerprint density at radius 1 is 1.33 bits per heavy atom. The highest BCUT2D eigenvalue weighted by atomic mass is 32.2. The van der Waals surface area contributed by atoms with Gasteiger partial charge in [0.05, 0.1) is 11.8 Å². The molecule has 1 aliphatic rings. The van der Waals surface area contributed by atoms with Crippen LogP contribution in [0.5, 0.6) is 0 Å². The molecule has 5 nitrogen and oxygen atoms in total. The summed E-state index contributed by atoms with van der Waals surface area (Å²) in [5.74, 6) is 0.985. The number of amidine groups is 1. The molecule has 1 aromatic heterocycles. The van der Waals surface area contributed by atoms with Crippen molar-refractivity contribution in [3.05, 3.63) is 65.5 Å². The molecule has 3 rings (SSSR count). The quantitative estimate of drug-likeness (QED) is 0.669. The molecule has 0 radical (unpaired) electrons. The summed E-state index contributed by atoms with van der Waals surface area (Å²) in [5.41, 5.74) is 8.79. The summed E-state index contributed by atoms with van der Waals surface area (Å²) in [6.45, 7) is 2.55. The van der Waals surface area contributed by atoms with Crippen molar-refractivity contribution in [2.45, 2.75) is 25.5 Å². The van der Waals surface area contributed by atoms with E-state index in [9.17, 15) is 0 Å². The Balaban J connectivity index is 1.67. The van der Waals surface area contributed by atoms with Gasteiger partial charge in [0.2, 0.25) is 0 Å². The molecule has 0 bridgehead atoms. The van der Waals surface area contributed by atoms with Gasteiger partial charge in [-0.1, -0.05) is 35.1 Å². The van der Waals surface area contributed by atoms with Crippen LogP contribution in [0.25, 0.3) is 0 Å². The van der Waals surface area contributed by atoms with Crippen molar-refractivity contribution in [1.29, 1.82) is 0 Å². The molecular formula is C18H20N4OS. The van der Waals surface area contributed by atoms with E-state index in [0.29, 0.717) is 11.8 Å². The number of aromatic nitrogens is 1.